The minimum absolute atomic E-state index is 0.0246. The van der Waals surface area contributed by atoms with Gasteiger partial charge in [-0.15, -0.1) is 11.3 Å². The van der Waals surface area contributed by atoms with Crippen LogP contribution in [0.2, 0.25) is 0 Å². The number of carbonyl (C=O) groups excluding carboxylic acids is 1. The molecule has 1 aromatic carbocycles. The van der Waals surface area contributed by atoms with Gasteiger partial charge in [-0.2, -0.15) is 4.98 Å². The minimum atomic E-state index is -0.0246. The Kier molecular flexibility index (Phi) is 4.79. The molecule has 0 aliphatic heterocycles. The third-order valence-corrected chi connectivity index (χ3v) is 4.81. The van der Waals surface area contributed by atoms with Crippen LogP contribution in [0.4, 0.5) is 0 Å². The Morgan fingerprint density at radius 1 is 1.19 bits per heavy atom. The van der Waals surface area contributed by atoms with Gasteiger partial charge in [0.25, 0.3) is 0 Å². The van der Waals surface area contributed by atoms with Crippen molar-refractivity contribution in [2.24, 2.45) is 0 Å². The van der Waals surface area contributed by atoms with Crippen molar-refractivity contribution in [2.45, 2.75) is 25.8 Å². The van der Waals surface area contributed by atoms with Gasteiger partial charge in [0.05, 0.1) is 11.4 Å². The van der Waals surface area contributed by atoms with E-state index in [0.717, 1.165) is 21.6 Å². The Hall–Kier alpha value is -2.93. The highest BCUT2D eigenvalue weighted by molar-refractivity contribution is 7.13. The summed E-state index contributed by atoms with van der Waals surface area (Å²) >= 11 is 1.57. The number of carbonyl (C=O) groups is 1. The van der Waals surface area contributed by atoms with Crippen molar-refractivity contribution in [2.75, 3.05) is 0 Å². The molecule has 0 bridgehead atoms. The molecule has 4 rings (SSSR count). The van der Waals surface area contributed by atoms with Crippen molar-refractivity contribution < 1.29 is 13.7 Å². The van der Waals surface area contributed by atoms with Crippen molar-refractivity contribution in [3.05, 3.63) is 59.5 Å². The van der Waals surface area contributed by atoms with E-state index in [9.17, 15) is 4.79 Å². The molecule has 0 atom stereocenters. The summed E-state index contributed by atoms with van der Waals surface area (Å²) in [6, 6.07) is 13.6. The SMILES string of the molecule is O=C(CCCc1nc(-c2cccs2)no1)NCc1cc2ccccc2o1. The van der Waals surface area contributed by atoms with E-state index in [4.69, 9.17) is 8.94 Å². The number of para-hydroxylation sites is 1. The van der Waals surface area contributed by atoms with E-state index in [0.29, 0.717) is 37.5 Å². The third kappa shape index (κ3) is 3.83. The fourth-order valence-corrected chi connectivity index (χ4v) is 3.31. The quantitative estimate of drug-likeness (QED) is 0.530. The van der Waals surface area contributed by atoms with Crippen LogP contribution < -0.4 is 5.32 Å². The molecule has 0 radical (unpaired) electrons. The van der Waals surface area contributed by atoms with Crippen molar-refractivity contribution in [3.63, 3.8) is 0 Å². The number of aromatic nitrogens is 2. The van der Waals surface area contributed by atoms with Crippen LogP contribution in [0, 0.1) is 0 Å². The molecule has 0 aliphatic carbocycles. The van der Waals surface area contributed by atoms with Gasteiger partial charge in [-0.05, 0) is 30.0 Å². The largest absolute Gasteiger partial charge is 0.459 e. The summed E-state index contributed by atoms with van der Waals surface area (Å²) in [5.74, 6) is 1.88. The monoisotopic (exact) mass is 367 g/mol. The Labute approximate surface area is 153 Å². The van der Waals surface area contributed by atoms with E-state index in [-0.39, 0.29) is 5.91 Å². The lowest BCUT2D eigenvalue weighted by Gasteiger charge is -2.02. The van der Waals surface area contributed by atoms with Crippen LogP contribution in [0.25, 0.3) is 21.7 Å². The molecule has 3 aromatic heterocycles. The van der Waals surface area contributed by atoms with Gasteiger partial charge in [-0.1, -0.05) is 29.4 Å². The van der Waals surface area contributed by atoms with Gasteiger partial charge in [0.1, 0.15) is 11.3 Å². The molecule has 132 valence electrons. The number of rotatable bonds is 7. The molecule has 0 saturated heterocycles. The number of benzene rings is 1. The molecule has 0 unspecified atom stereocenters. The topological polar surface area (TPSA) is 81.2 Å². The molecule has 1 N–H and O–H groups in total. The summed E-state index contributed by atoms with van der Waals surface area (Å²) in [5.41, 5.74) is 0.828. The molecule has 26 heavy (non-hydrogen) atoms. The Balaban J connectivity index is 1.23. The number of amides is 1. The van der Waals surface area contributed by atoms with Crippen LogP contribution in [-0.4, -0.2) is 16.0 Å². The van der Waals surface area contributed by atoms with Crippen LogP contribution in [-0.2, 0) is 17.8 Å². The second-order valence-electron chi connectivity index (χ2n) is 5.87. The average molecular weight is 367 g/mol. The Morgan fingerprint density at radius 2 is 2.12 bits per heavy atom. The van der Waals surface area contributed by atoms with E-state index >= 15 is 0 Å². The smallest absolute Gasteiger partial charge is 0.226 e. The normalized spacial score (nSPS) is 11.1. The van der Waals surface area contributed by atoms with Crippen molar-refractivity contribution in [1.82, 2.24) is 15.5 Å². The van der Waals surface area contributed by atoms with Crippen molar-refractivity contribution >= 4 is 28.2 Å². The highest BCUT2D eigenvalue weighted by atomic mass is 32.1. The number of nitrogens with one attached hydrogen (secondary N) is 1. The van der Waals surface area contributed by atoms with Crippen LogP contribution in [0.5, 0.6) is 0 Å². The summed E-state index contributed by atoms with van der Waals surface area (Å²) in [7, 11) is 0. The molecule has 0 saturated carbocycles. The molecular formula is C19H17N3O3S. The maximum atomic E-state index is 12.0. The van der Waals surface area contributed by atoms with Crippen LogP contribution in [0.3, 0.4) is 0 Å². The van der Waals surface area contributed by atoms with E-state index in [1.165, 1.54) is 0 Å². The molecule has 0 aliphatic rings. The third-order valence-electron chi connectivity index (χ3n) is 3.94. The Bertz CT molecular complexity index is 971. The zero-order chi connectivity index (χ0) is 17.8. The highest BCUT2D eigenvalue weighted by Crippen LogP contribution is 2.21. The first-order valence-electron chi connectivity index (χ1n) is 8.38. The Morgan fingerprint density at radius 3 is 2.96 bits per heavy atom. The van der Waals surface area contributed by atoms with Gasteiger partial charge < -0.3 is 14.3 Å². The van der Waals surface area contributed by atoms with Crippen molar-refractivity contribution in [1.29, 1.82) is 0 Å². The molecular weight excluding hydrogens is 350 g/mol. The summed E-state index contributed by atoms with van der Waals surface area (Å²) in [6.45, 7) is 0.386. The summed E-state index contributed by atoms with van der Waals surface area (Å²) in [6.07, 6.45) is 1.63. The lowest BCUT2D eigenvalue weighted by molar-refractivity contribution is -0.121. The number of aryl methyl sites for hydroxylation is 1. The number of hydrogen-bond donors (Lipinski definition) is 1. The van der Waals surface area contributed by atoms with Gasteiger partial charge in [0.2, 0.25) is 17.6 Å². The van der Waals surface area contributed by atoms with E-state index < -0.39 is 0 Å². The number of hydrogen-bond acceptors (Lipinski definition) is 6. The van der Waals surface area contributed by atoms with Crippen LogP contribution in [0.15, 0.2) is 56.8 Å². The molecule has 6 nitrogen and oxygen atoms in total. The van der Waals surface area contributed by atoms with Gasteiger partial charge in [0, 0.05) is 18.2 Å². The zero-order valence-corrected chi connectivity index (χ0v) is 14.8. The highest BCUT2D eigenvalue weighted by Gasteiger charge is 2.10. The molecule has 3 heterocycles. The number of furan rings is 1. The van der Waals surface area contributed by atoms with Crippen LogP contribution >= 0.6 is 11.3 Å². The second-order valence-corrected chi connectivity index (χ2v) is 6.82. The molecule has 0 spiro atoms. The maximum Gasteiger partial charge on any atom is 0.226 e. The summed E-state index contributed by atoms with van der Waals surface area (Å²) in [5, 5.41) is 9.85. The first kappa shape index (κ1) is 16.5. The second kappa shape index (κ2) is 7.53. The molecule has 0 fully saturated rings. The number of fused-ring (bicyclic) bond motifs is 1. The fourth-order valence-electron chi connectivity index (χ4n) is 2.66. The standard InChI is InChI=1S/C19H17N3O3S/c23-17(20-12-14-11-13-5-1-2-6-15(13)24-14)8-3-9-18-21-19(22-25-18)16-7-4-10-26-16/h1-2,4-7,10-11H,3,8-9,12H2,(H,20,23). The molecule has 1 amide bonds. The number of thiophene rings is 1. The summed E-state index contributed by atoms with van der Waals surface area (Å²) in [4.78, 5) is 17.3. The lowest BCUT2D eigenvalue weighted by Crippen LogP contribution is -2.22. The first-order chi connectivity index (χ1) is 12.8. The van der Waals surface area contributed by atoms with E-state index in [1.54, 1.807) is 11.3 Å². The van der Waals surface area contributed by atoms with E-state index in [1.807, 2.05) is 47.8 Å². The van der Waals surface area contributed by atoms with Gasteiger partial charge in [0.15, 0.2) is 0 Å². The fraction of sp³-hybridized carbons (Fsp3) is 0.211. The summed E-state index contributed by atoms with van der Waals surface area (Å²) < 4.78 is 10.9. The predicted molar refractivity (Wildman–Crippen MR) is 98.6 cm³/mol. The van der Waals surface area contributed by atoms with Crippen LogP contribution in [0.1, 0.15) is 24.5 Å². The van der Waals surface area contributed by atoms with Crippen molar-refractivity contribution in [3.8, 4) is 10.7 Å². The van der Waals surface area contributed by atoms with Gasteiger partial charge in [-0.3, -0.25) is 4.79 Å². The molecule has 4 aromatic rings. The van der Waals surface area contributed by atoms with Gasteiger partial charge in [-0.25, -0.2) is 0 Å². The minimum Gasteiger partial charge on any atom is -0.459 e. The average Bonchev–Trinajstić information content (AvgIpc) is 3.38. The zero-order valence-electron chi connectivity index (χ0n) is 14.0. The lowest BCUT2D eigenvalue weighted by atomic mass is 10.2. The van der Waals surface area contributed by atoms with Gasteiger partial charge >= 0.3 is 0 Å². The number of nitrogens with zero attached hydrogens (tertiary/aromatic N) is 2. The maximum absolute atomic E-state index is 12.0. The van der Waals surface area contributed by atoms with E-state index in [2.05, 4.69) is 15.5 Å². The first-order valence-corrected chi connectivity index (χ1v) is 9.26. The molecule has 7 heteroatoms. The predicted octanol–water partition coefficient (Wildman–Crippen LogP) is 4.18.